The summed E-state index contributed by atoms with van der Waals surface area (Å²) in [6.45, 7) is 3.14. The molecular formula is C16H25ClN2O4S. The number of nitrogens with one attached hydrogen (secondary N) is 1. The Labute approximate surface area is 149 Å². The van der Waals surface area contributed by atoms with E-state index in [1.807, 2.05) is 14.0 Å². The molecule has 2 unspecified atom stereocenters. The van der Waals surface area contributed by atoms with Gasteiger partial charge in [-0.15, -0.1) is 0 Å². The van der Waals surface area contributed by atoms with Crippen molar-refractivity contribution in [2.45, 2.75) is 36.8 Å². The van der Waals surface area contributed by atoms with Gasteiger partial charge < -0.3 is 14.8 Å². The molecule has 0 radical (unpaired) electrons. The lowest BCUT2D eigenvalue weighted by Gasteiger charge is -2.32. The molecule has 1 N–H and O–H groups in total. The highest BCUT2D eigenvalue weighted by molar-refractivity contribution is 7.89. The number of benzene rings is 1. The first-order valence-corrected chi connectivity index (χ1v) is 9.83. The monoisotopic (exact) mass is 376 g/mol. The number of hydrogen-bond donors (Lipinski definition) is 1. The average Bonchev–Trinajstić information content (AvgIpc) is 2.56. The van der Waals surface area contributed by atoms with Crippen molar-refractivity contribution in [3.8, 4) is 5.75 Å². The Hall–Kier alpha value is -0.860. The summed E-state index contributed by atoms with van der Waals surface area (Å²) in [6, 6.07) is 4.84. The number of nitrogens with zero attached hydrogens (tertiary/aromatic N) is 1. The van der Waals surface area contributed by atoms with Crippen molar-refractivity contribution in [3.63, 3.8) is 0 Å². The maximum absolute atomic E-state index is 13.1. The van der Waals surface area contributed by atoms with Crippen LogP contribution in [0.3, 0.4) is 0 Å². The summed E-state index contributed by atoms with van der Waals surface area (Å²) in [5.41, 5.74) is 0. The number of methoxy groups -OCH3 is 1. The minimum Gasteiger partial charge on any atom is -0.487 e. The molecule has 136 valence electrons. The largest absolute Gasteiger partial charge is 0.487 e. The van der Waals surface area contributed by atoms with Crippen LogP contribution in [0.4, 0.5) is 0 Å². The summed E-state index contributed by atoms with van der Waals surface area (Å²) in [5, 5.41) is 3.52. The molecule has 1 aliphatic heterocycles. The first-order chi connectivity index (χ1) is 11.4. The zero-order valence-electron chi connectivity index (χ0n) is 14.3. The quantitative estimate of drug-likeness (QED) is 0.789. The molecule has 1 saturated heterocycles. The zero-order chi connectivity index (χ0) is 17.7. The van der Waals surface area contributed by atoms with E-state index in [2.05, 4.69) is 5.32 Å². The molecule has 1 fully saturated rings. The molecular weight excluding hydrogens is 352 g/mol. The predicted octanol–water partition coefficient (Wildman–Crippen LogP) is 2.13. The predicted molar refractivity (Wildman–Crippen MR) is 94.3 cm³/mol. The first-order valence-electron chi connectivity index (χ1n) is 8.01. The Morgan fingerprint density at radius 3 is 2.88 bits per heavy atom. The molecule has 1 heterocycles. The topological polar surface area (TPSA) is 67.9 Å². The molecule has 8 heteroatoms. The van der Waals surface area contributed by atoms with Crippen LogP contribution in [0.15, 0.2) is 23.1 Å². The van der Waals surface area contributed by atoms with E-state index >= 15 is 0 Å². The second-order valence-corrected chi connectivity index (χ2v) is 8.31. The van der Waals surface area contributed by atoms with Crippen molar-refractivity contribution in [1.82, 2.24) is 9.62 Å². The van der Waals surface area contributed by atoms with Gasteiger partial charge in [-0.25, -0.2) is 8.42 Å². The van der Waals surface area contributed by atoms with Crippen LogP contribution >= 0.6 is 11.6 Å². The molecule has 6 nitrogen and oxygen atoms in total. The molecule has 1 aromatic carbocycles. The highest BCUT2D eigenvalue weighted by atomic mass is 35.5. The van der Waals surface area contributed by atoms with Crippen molar-refractivity contribution >= 4 is 21.6 Å². The summed E-state index contributed by atoms with van der Waals surface area (Å²) >= 11 is 6.04. The van der Waals surface area contributed by atoms with Crippen LogP contribution in [0, 0.1) is 0 Å². The molecule has 0 bridgehead atoms. The van der Waals surface area contributed by atoms with Crippen molar-refractivity contribution in [1.29, 1.82) is 0 Å². The molecule has 2 rings (SSSR count). The van der Waals surface area contributed by atoms with Gasteiger partial charge in [0.15, 0.2) is 0 Å². The Bertz CT molecular complexity index is 653. The van der Waals surface area contributed by atoms with Crippen LogP contribution < -0.4 is 10.1 Å². The summed E-state index contributed by atoms with van der Waals surface area (Å²) in [4.78, 5) is 0.106. The van der Waals surface area contributed by atoms with Gasteiger partial charge in [-0.1, -0.05) is 11.6 Å². The van der Waals surface area contributed by atoms with Gasteiger partial charge >= 0.3 is 0 Å². The van der Waals surface area contributed by atoms with Gasteiger partial charge in [0, 0.05) is 31.3 Å². The highest BCUT2D eigenvalue weighted by Gasteiger charge is 2.32. The fourth-order valence-corrected chi connectivity index (χ4v) is 4.71. The standard InChI is InChI=1S/C16H25ClN2O4S/c1-12(11-22-3)23-15-7-6-13(17)9-16(15)24(20,21)19-8-4-5-14(10-19)18-2/h6-7,9,12,14,18H,4-5,8,10-11H2,1-3H3. The molecule has 0 aromatic heterocycles. The molecule has 24 heavy (non-hydrogen) atoms. The van der Waals surface area contributed by atoms with Gasteiger partial charge in [0.25, 0.3) is 0 Å². The lowest BCUT2D eigenvalue weighted by atomic mass is 10.1. The Morgan fingerprint density at radius 1 is 1.46 bits per heavy atom. The van der Waals surface area contributed by atoms with Crippen LogP contribution in [0.5, 0.6) is 5.75 Å². The van der Waals surface area contributed by atoms with Crippen LogP contribution in [0.2, 0.25) is 5.02 Å². The van der Waals surface area contributed by atoms with Gasteiger partial charge in [0.1, 0.15) is 16.7 Å². The summed E-state index contributed by atoms with van der Waals surface area (Å²) in [7, 11) is -0.253. The Morgan fingerprint density at radius 2 is 2.21 bits per heavy atom. The Kier molecular flexibility index (Phi) is 6.88. The number of rotatable bonds is 7. The smallest absolute Gasteiger partial charge is 0.246 e. The van der Waals surface area contributed by atoms with E-state index in [-0.39, 0.29) is 17.0 Å². The fourth-order valence-electron chi connectivity index (χ4n) is 2.80. The Balaban J connectivity index is 2.32. The van der Waals surface area contributed by atoms with Gasteiger partial charge in [-0.2, -0.15) is 4.31 Å². The van der Waals surface area contributed by atoms with E-state index in [1.54, 1.807) is 19.2 Å². The number of halogens is 1. The molecule has 0 spiro atoms. The lowest BCUT2D eigenvalue weighted by Crippen LogP contribution is -2.46. The van der Waals surface area contributed by atoms with E-state index in [0.717, 1.165) is 12.8 Å². The van der Waals surface area contributed by atoms with Crippen LogP contribution in [0.25, 0.3) is 0 Å². The number of sulfonamides is 1. The van der Waals surface area contributed by atoms with E-state index < -0.39 is 10.0 Å². The van der Waals surface area contributed by atoms with Gasteiger partial charge in [-0.05, 0) is 45.0 Å². The van der Waals surface area contributed by atoms with Gasteiger partial charge in [0.05, 0.1) is 6.61 Å². The SMILES string of the molecule is CNC1CCCN(S(=O)(=O)c2cc(Cl)ccc2OC(C)COC)C1. The second kappa shape index (κ2) is 8.49. The summed E-state index contributed by atoms with van der Waals surface area (Å²) in [6.07, 6.45) is 1.52. The summed E-state index contributed by atoms with van der Waals surface area (Å²) < 4.78 is 38.5. The van der Waals surface area contributed by atoms with Crippen LogP contribution in [-0.4, -0.2) is 58.7 Å². The lowest BCUT2D eigenvalue weighted by molar-refractivity contribution is 0.0900. The molecule has 2 atom stereocenters. The van der Waals surface area contributed by atoms with Crippen LogP contribution in [-0.2, 0) is 14.8 Å². The molecule has 0 aliphatic carbocycles. The number of piperidine rings is 1. The number of ether oxygens (including phenoxy) is 2. The number of hydrogen-bond acceptors (Lipinski definition) is 5. The normalized spacial score (nSPS) is 20.8. The summed E-state index contributed by atoms with van der Waals surface area (Å²) in [5.74, 6) is 0.301. The molecule has 1 aromatic rings. The second-order valence-electron chi connectivity index (χ2n) is 5.97. The average molecular weight is 377 g/mol. The zero-order valence-corrected chi connectivity index (χ0v) is 15.9. The van der Waals surface area contributed by atoms with Crippen molar-refractivity contribution in [2.75, 3.05) is 33.9 Å². The van der Waals surface area contributed by atoms with Gasteiger partial charge in [-0.3, -0.25) is 0 Å². The molecule has 0 amide bonds. The highest BCUT2D eigenvalue weighted by Crippen LogP contribution is 2.31. The van der Waals surface area contributed by atoms with E-state index in [9.17, 15) is 8.42 Å². The van der Waals surface area contributed by atoms with Crippen molar-refractivity contribution in [3.05, 3.63) is 23.2 Å². The fraction of sp³-hybridized carbons (Fsp3) is 0.625. The third-order valence-electron chi connectivity index (χ3n) is 4.05. The van der Waals surface area contributed by atoms with E-state index in [1.165, 1.54) is 10.4 Å². The first kappa shape index (κ1) is 19.5. The molecule has 0 saturated carbocycles. The van der Waals surface area contributed by atoms with Gasteiger partial charge in [0.2, 0.25) is 10.0 Å². The van der Waals surface area contributed by atoms with E-state index in [4.69, 9.17) is 21.1 Å². The maximum atomic E-state index is 13.1. The minimum atomic E-state index is -3.68. The van der Waals surface area contributed by atoms with Crippen molar-refractivity contribution in [2.24, 2.45) is 0 Å². The number of likely N-dealkylation sites (N-methyl/N-ethyl adjacent to an activating group) is 1. The minimum absolute atomic E-state index is 0.106. The third-order valence-corrected chi connectivity index (χ3v) is 6.17. The maximum Gasteiger partial charge on any atom is 0.246 e. The van der Waals surface area contributed by atoms with E-state index in [0.29, 0.717) is 30.5 Å². The molecule has 1 aliphatic rings. The third kappa shape index (κ3) is 4.61. The van der Waals surface area contributed by atoms with Crippen LogP contribution in [0.1, 0.15) is 19.8 Å². The van der Waals surface area contributed by atoms with Crippen molar-refractivity contribution < 1.29 is 17.9 Å².